The number of nitriles is 1. The Labute approximate surface area is 228 Å². The van der Waals surface area contributed by atoms with Crippen LogP contribution in [-0.2, 0) is 11.4 Å². The van der Waals surface area contributed by atoms with Crippen molar-refractivity contribution in [3.05, 3.63) is 94.4 Å². The molecule has 0 aromatic heterocycles. The van der Waals surface area contributed by atoms with E-state index in [9.17, 15) is 10.1 Å². The number of piperidine rings is 1. The summed E-state index contributed by atoms with van der Waals surface area (Å²) in [5.74, 6) is 0.672. The molecule has 2 saturated heterocycles. The van der Waals surface area contributed by atoms with Gasteiger partial charge < -0.3 is 9.64 Å². The Bertz CT molecular complexity index is 1380. The number of thioether (sulfide) groups is 1. The van der Waals surface area contributed by atoms with Crippen molar-refractivity contribution < 1.29 is 9.53 Å². The molecule has 0 N–H and O–H groups in total. The monoisotopic (exact) mass is 522 g/mol. The van der Waals surface area contributed by atoms with Gasteiger partial charge in [-0.1, -0.05) is 30.3 Å². The lowest BCUT2D eigenvalue weighted by Crippen LogP contribution is -2.29. The van der Waals surface area contributed by atoms with E-state index in [1.54, 1.807) is 11.0 Å². The molecule has 0 atom stereocenters. The molecule has 192 valence electrons. The molecule has 2 fully saturated rings. The summed E-state index contributed by atoms with van der Waals surface area (Å²) >= 11 is 1.40. The predicted octanol–water partition coefficient (Wildman–Crippen LogP) is 6.75. The molecule has 3 aromatic rings. The lowest BCUT2D eigenvalue weighted by molar-refractivity contribution is -0.122. The van der Waals surface area contributed by atoms with E-state index in [1.807, 2.05) is 67.6 Å². The van der Waals surface area contributed by atoms with E-state index in [-0.39, 0.29) is 5.91 Å². The van der Waals surface area contributed by atoms with Crippen LogP contribution in [0.25, 0.3) is 6.08 Å². The van der Waals surface area contributed by atoms with Crippen molar-refractivity contribution in [2.24, 2.45) is 4.99 Å². The van der Waals surface area contributed by atoms with Crippen molar-refractivity contribution in [1.29, 1.82) is 5.26 Å². The average molecular weight is 523 g/mol. The number of carbonyl (C=O) groups is 1. The summed E-state index contributed by atoms with van der Waals surface area (Å²) in [5, 5.41) is 9.95. The summed E-state index contributed by atoms with van der Waals surface area (Å²) in [6, 6.07) is 25.5. The Morgan fingerprint density at radius 1 is 1.00 bits per heavy atom. The highest BCUT2D eigenvalue weighted by atomic mass is 32.2. The third kappa shape index (κ3) is 5.92. The quantitative estimate of drug-likeness (QED) is 0.321. The van der Waals surface area contributed by atoms with Gasteiger partial charge in [0.2, 0.25) is 0 Å². The van der Waals surface area contributed by atoms with Gasteiger partial charge in [-0.3, -0.25) is 9.69 Å². The molecule has 0 saturated carbocycles. The number of ether oxygens (including phenoxy) is 1. The minimum Gasteiger partial charge on any atom is -0.489 e. The Hall–Kier alpha value is -4.02. The number of carbonyl (C=O) groups excluding carboxylic acids is 1. The van der Waals surface area contributed by atoms with Crippen LogP contribution in [0.1, 0.15) is 42.9 Å². The van der Waals surface area contributed by atoms with Crippen molar-refractivity contribution >= 4 is 40.3 Å². The highest BCUT2D eigenvalue weighted by Gasteiger charge is 2.32. The molecular formula is C31H30N4O2S. The standard InChI is InChI=1S/C31H30N4O2S/c1-2-35-30(36)29(38-31(35)33-26-12-14-27(15-13-26)34-18-6-3-7-19-34)20-23-10-16-28(17-11-23)37-22-25-9-5-4-8-24(25)21-32/h4-5,8-17,20H,2-3,6-7,18-19,22H2,1H3/b29-20-,33-31?. The number of hydrogen-bond donors (Lipinski definition) is 0. The van der Waals surface area contributed by atoms with Crippen LogP contribution in [0.15, 0.2) is 82.7 Å². The fourth-order valence-corrected chi connectivity index (χ4v) is 5.66. The normalized spacial score (nSPS) is 17.7. The van der Waals surface area contributed by atoms with Gasteiger partial charge in [0.1, 0.15) is 12.4 Å². The Morgan fingerprint density at radius 2 is 1.74 bits per heavy atom. The minimum atomic E-state index is -0.0328. The van der Waals surface area contributed by atoms with Crippen LogP contribution >= 0.6 is 11.8 Å². The van der Waals surface area contributed by atoms with Gasteiger partial charge in [0.15, 0.2) is 5.17 Å². The van der Waals surface area contributed by atoms with Crippen LogP contribution in [0, 0.1) is 11.3 Å². The fourth-order valence-electron chi connectivity index (χ4n) is 4.60. The number of anilines is 1. The van der Waals surface area contributed by atoms with E-state index in [0.717, 1.165) is 29.9 Å². The molecule has 2 aliphatic rings. The maximum atomic E-state index is 13.1. The van der Waals surface area contributed by atoms with Crippen LogP contribution in [0.4, 0.5) is 11.4 Å². The van der Waals surface area contributed by atoms with E-state index < -0.39 is 0 Å². The van der Waals surface area contributed by atoms with Gasteiger partial charge in [-0.2, -0.15) is 5.26 Å². The van der Waals surface area contributed by atoms with Gasteiger partial charge in [-0.15, -0.1) is 0 Å². The highest BCUT2D eigenvalue weighted by molar-refractivity contribution is 8.18. The lowest BCUT2D eigenvalue weighted by Gasteiger charge is -2.28. The summed E-state index contributed by atoms with van der Waals surface area (Å²) in [4.78, 5) is 22.7. The van der Waals surface area contributed by atoms with Gasteiger partial charge in [-0.25, -0.2) is 4.99 Å². The van der Waals surface area contributed by atoms with E-state index in [2.05, 4.69) is 23.1 Å². The van der Waals surface area contributed by atoms with Crippen LogP contribution in [0.2, 0.25) is 0 Å². The highest BCUT2D eigenvalue weighted by Crippen LogP contribution is 2.34. The first kappa shape index (κ1) is 25.6. The molecule has 6 nitrogen and oxygen atoms in total. The van der Waals surface area contributed by atoms with Crippen molar-refractivity contribution in [2.75, 3.05) is 24.5 Å². The number of nitrogens with zero attached hydrogens (tertiary/aromatic N) is 4. The second-order valence-corrected chi connectivity index (χ2v) is 10.3. The molecule has 0 bridgehead atoms. The zero-order valence-electron chi connectivity index (χ0n) is 21.5. The van der Waals surface area contributed by atoms with Crippen molar-refractivity contribution in [3.63, 3.8) is 0 Å². The van der Waals surface area contributed by atoms with Gasteiger partial charge in [0, 0.05) is 30.9 Å². The van der Waals surface area contributed by atoms with E-state index in [4.69, 9.17) is 9.73 Å². The Morgan fingerprint density at radius 3 is 2.45 bits per heavy atom. The molecule has 0 unspecified atom stereocenters. The zero-order valence-corrected chi connectivity index (χ0v) is 22.3. The van der Waals surface area contributed by atoms with E-state index in [0.29, 0.717) is 34.5 Å². The first-order valence-corrected chi connectivity index (χ1v) is 13.8. The number of amides is 1. The molecule has 0 aliphatic carbocycles. The Kier molecular flexibility index (Phi) is 8.10. The molecule has 7 heteroatoms. The maximum Gasteiger partial charge on any atom is 0.266 e. The second-order valence-electron chi connectivity index (χ2n) is 9.25. The number of hydrogen-bond acceptors (Lipinski definition) is 6. The zero-order chi connectivity index (χ0) is 26.3. The van der Waals surface area contributed by atoms with E-state index >= 15 is 0 Å². The van der Waals surface area contributed by atoms with Crippen molar-refractivity contribution in [2.45, 2.75) is 32.8 Å². The third-order valence-electron chi connectivity index (χ3n) is 6.71. The first-order chi connectivity index (χ1) is 18.6. The first-order valence-electron chi connectivity index (χ1n) is 13.0. The number of amidine groups is 1. The minimum absolute atomic E-state index is 0.0328. The summed E-state index contributed by atoms with van der Waals surface area (Å²) in [7, 11) is 0. The number of aliphatic imine (C=N–C) groups is 1. The largest absolute Gasteiger partial charge is 0.489 e. The van der Waals surface area contributed by atoms with Crippen molar-refractivity contribution in [3.8, 4) is 11.8 Å². The van der Waals surface area contributed by atoms with Gasteiger partial charge in [-0.05, 0) is 92.1 Å². The van der Waals surface area contributed by atoms with Gasteiger partial charge in [0.25, 0.3) is 5.91 Å². The third-order valence-corrected chi connectivity index (χ3v) is 7.72. The van der Waals surface area contributed by atoms with Gasteiger partial charge in [0.05, 0.1) is 22.2 Å². The molecule has 0 radical (unpaired) electrons. The molecule has 1 amide bonds. The maximum absolute atomic E-state index is 13.1. The van der Waals surface area contributed by atoms with Gasteiger partial charge >= 0.3 is 0 Å². The molecule has 0 spiro atoms. The van der Waals surface area contributed by atoms with Crippen molar-refractivity contribution in [1.82, 2.24) is 4.90 Å². The summed E-state index contributed by atoms with van der Waals surface area (Å²) in [6.45, 7) is 5.07. The number of rotatable bonds is 7. The summed E-state index contributed by atoms with van der Waals surface area (Å²) < 4.78 is 5.87. The Balaban J connectivity index is 1.26. The lowest BCUT2D eigenvalue weighted by atomic mass is 10.1. The predicted molar refractivity (Wildman–Crippen MR) is 154 cm³/mol. The summed E-state index contributed by atoms with van der Waals surface area (Å²) in [6.07, 6.45) is 5.70. The average Bonchev–Trinajstić information content (AvgIpc) is 3.26. The molecule has 38 heavy (non-hydrogen) atoms. The topological polar surface area (TPSA) is 68.9 Å². The second kappa shape index (κ2) is 12.0. The number of benzene rings is 3. The van der Waals surface area contributed by atoms with Crippen LogP contribution < -0.4 is 9.64 Å². The molecule has 3 aromatic carbocycles. The smallest absolute Gasteiger partial charge is 0.266 e. The van der Waals surface area contributed by atoms with Crippen LogP contribution in [-0.4, -0.2) is 35.6 Å². The molecule has 2 aliphatic heterocycles. The van der Waals surface area contributed by atoms with E-state index in [1.165, 1.54) is 36.7 Å². The summed E-state index contributed by atoms with van der Waals surface area (Å²) in [5.41, 5.74) is 4.45. The molecule has 5 rings (SSSR count). The molecule has 2 heterocycles. The number of likely N-dealkylation sites (N-methyl/N-ethyl adjacent to an activating group) is 1. The fraction of sp³-hybridized carbons (Fsp3) is 0.258. The molecular weight excluding hydrogens is 492 g/mol. The van der Waals surface area contributed by atoms with Crippen LogP contribution in [0.3, 0.4) is 0 Å². The van der Waals surface area contributed by atoms with Crippen LogP contribution in [0.5, 0.6) is 5.75 Å². The SMILES string of the molecule is CCN1C(=O)/C(=C/c2ccc(OCc3ccccc3C#N)cc2)SC1=Nc1ccc(N2CCCCC2)cc1.